The van der Waals surface area contributed by atoms with Gasteiger partial charge in [-0.25, -0.2) is 17.5 Å². The number of hydrogen-bond donors (Lipinski definition) is 1. The van der Waals surface area contributed by atoms with Gasteiger partial charge in [-0.15, -0.1) is 0 Å². The summed E-state index contributed by atoms with van der Waals surface area (Å²) in [5.74, 6) is 0.410. The van der Waals surface area contributed by atoms with Crippen LogP contribution in [0, 0.1) is 19.7 Å². The number of halogens is 1. The van der Waals surface area contributed by atoms with Gasteiger partial charge in [-0.2, -0.15) is 0 Å². The van der Waals surface area contributed by atoms with Crippen LogP contribution in [0.15, 0.2) is 56.5 Å². The number of furan rings is 1. The molecule has 0 unspecified atom stereocenters. The quantitative estimate of drug-likeness (QED) is 0.680. The molecule has 26 heavy (non-hydrogen) atoms. The molecular weight excluding hydrogens is 359 g/mol. The van der Waals surface area contributed by atoms with Gasteiger partial charge >= 0.3 is 0 Å². The molecule has 0 fully saturated rings. The van der Waals surface area contributed by atoms with Gasteiger partial charge in [0.15, 0.2) is 5.76 Å². The Morgan fingerprint density at radius 2 is 1.92 bits per heavy atom. The van der Waals surface area contributed by atoms with Crippen molar-refractivity contribution in [2.75, 3.05) is 6.54 Å². The number of benzene rings is 1. The standard InChI is InChI=1S/C18H19FN2O4S/c1-12-18(13(2)25-21-12)26(22,23)20-10-9-16(17-4-3-11-24-17)14-5-7-15(19)8-6-14/h3-8,11,16,20H,9-10H2,1-2H3/t16-/m0/s1. The molecule has 0 radical (unpaired) electrons. The lowest BCUT2D eigenvalue weighted by molar-refractivity contribution is 0.390. The molecule has 0 amide bonds. The van der Waals surface area contributed by atoms with Crippen molar-refractivity contribution in [1.82, 2.24) is 9.88 Å². The SMILES string of the molecule is Cc1noc(C)c1S(=O)(=O)NCC[C@@H](c1ccc(F)cc1)c1ccco1. The zero-order valence-electron chi connectivity index (χ0n) is 14.4. The van der Waals surface area contributed by atoms with Crippen molar-refractivity contribution in [3.8, 4) is 0 Å². The van der Waals surface area contributed by atoms with Crippen molar-refractivity contribution in [2.45, 2.75) is 31.1 Å². The van der Waals surface area contributed by atoms with Crippen LogP contribution in [0.25, 0.3) is 0 Å². The van der Waals surface area contributed by atoms with Gasteiger partial charge in [0.05, 0.1) is 6.26 Å². The van der Waals surface area contributed by atoms with Crippen molar-refractivity contribution >= 4 is 10.0 Å². The molecule has 2 heterocycles. The Bertz CT molecular complexity index is 944. The van der Waals surface area contributed by atoms with Crippen LogP contribution < -0.4 is 4.72 Å². The second-order valence-corrected chi connectivity index (χ2v) is 7.66. The molecule has 0 aliphatic heterocycles. The second kappa shape index (κ2) is 7.43. The number of nitrogens with one attached hydrogen (secondary N) is 1. The maximum Gasteiger partial charge on any atom is 0.245 e. The van der Waals surface area contributed by atoms with Gasteiger partial charge in [-0.1, -0.05) is 17.3 Å². The minimum atomic E-state index is -3.73. The Labute approximate surface area is 151 Å². The van der Waals surface area contributed by atoms with Crippen LogP contribution >= 0.6 is 0 Å². The van der Waals surface area contributed by atoms with Crippen LogP contribution in [0.3, 0.4) is 0 Å². The topological polar surface area (TPSA) is 85.3 Å². The van der Waals surface area contributed by atoms with Gasteiger partial charge in [-0.05, 0) is 50.1 Å². The van der Waals surface area contributed by atoms with E-state index in [0.717, 1.165) is 5.56 Å². The number of aromatic nitrogens is 1. The minimum Gasteiger partial charge on any atom is -0.469 e. The molecule has 8 heteroatoms. The van der Waals surface area contributed by atoms with E-state index in [1.54, 1.807) is 38.3 Å². The van der Waals surface area contributed by atoms with E-state index in [-0.39, 0.29) is 28.9 Å². The molecule has 3 aromatic rings. The summed E-state index contributed by atoms with van der Waals surface area (Å²) in [6.07, 6.45) is 2.00. The maximum atomic E-state index is 13.2. The molecule has 0 saturated heterocycles. The molecule has 1 atom stereocenters. The van der Waals surface area contributed by atoms with Gasteiger partial charge in [0, 0.05) is 12.5 Å². The fourth-order valence-corrected chi connectivity index (χ4v) is 4.30. The second-order valence-electron chi connectivity index (χ2n) is 5.96. The predicted octanol–water partition coefficient (Wildman–Crippen LogP) is 3.52. The van der Waals surface area contributed by atoms with Gasteiger partial charge in [-0.3, -0.25) is 0 Å². The van der Waals surface area contributed by atoms with Crippen LogP contribution in [0.1, 0.15) is 35.1 Å². The Morgan fingerprint density at radius 3 is 2.50 bits per heavy atom. The highest BCUT2D eigenvalue weighted by atomic mass is 32.2. The Balaban J connectivity index is 1.76. The molecule has 0 saturated carbocycles. The van der Waals surface area contributed by atoms with E-state index in [9.17, 15) is 12.8 Å². The first-order valence-electron chi connectivity index (χ1n) is 8.10. The molecule has 1 N–H and O–H groups in total. The highest BCUT2D eigenvalue weighted by Gasteiger charge is 2.25. The van der Waals surface area contributed by atoms with Crippen LogP contribution in [-0.4, -0.2) is 20.1 Å². The number of hydrogen-bond acceptors (Lipinski definition) is 5. The van der Waals surface area contributed by atoms with E-state index in [1.165, 1.54) is 12.1 Å². The van der Waals surface area contributed by atoms with Crippen LogP contribution in [0.4, 0.5) is 4.39 Å². The molecule has 2 aromatic heterocycles. The molecular formula is C18H19FN2O4S. The average Bonchev–Trinajstić information content (AvgIpc) is 3.23. The zero-order chi connectivity index (χ0) is 18.7. The van der Waals surface area contributed by atoms with E-state index in [2.05, 4.69) is 9.88 Å². The maximum absolute atomic E-state index is 13.2. The number of rotatable bonds is 7. The third-order valence-electron chi connectivity index (χ3n) is 4.12. The fourth-order valence-electron chi connectivity index (χ4n) is 2.93. The van der Waals surface area contributed by atoms with E-state index >= 15 is 0 Å². The average molecular weight is 378 g/mol. The van der Waals surface area contributed by atoms with Crippen molar-refractivity contribution in [2.24, 2.45) is 0 Å². The summed E-state index contributed by atoms with van der Waals surface area (Å²) in [4.78, 5) is 0.0637. The van der Waals surface area contributed by atoms with E-state index in [1.807, 2.05) is 6.07 Å². The Kier molecular flexibility index (Phi) is 5.24. The number of nitrogens with zero attached hydrogens (tertiary/aromatic N) is 1. The third-order valence-corrected chi connectivity index (χ3v) is 5.83. The summed E-state index contributed by atoms with van der Waals surface area (Å²) in [6, 6.07) is 9.67. The zero-order valence-corrected chi connectivity index (χ0v) is 15.2. The fraction of sp³-hybridized carbons (Fsp3) is 0.278. The Hall–Kier alpha value is -2.45. The minimum absolute atomic E-state index is 0.0637. The molecule has 0 spiro atoms. The molecule has 1 aromatic carbocycles. The summed E-state index contributed by atoms with van der Waals surface area (Å²) in [6.45, 7) is 3.31. The van der Waals surface area contributed by atoms with Gasteiger partial charge in [0.2, 0.25) is 10.0 Å². The molecule has 0 aliphatic carbocycles. The lowest BCUT2D eigenvalue weighted by atomic mass is 9.93. The molecule has 138 valence electrons. The molecule has 6 nitrogen and oxygen atoms in total. The molecule has 3 rings (SSSR count). The number of sulfonamides is 1. The first-order valence-corrected chi connectivity index (χ1v) is 9.58. The lowest BCUT2D eigenvalue weighted by Crippen LogP contribution is -2.27. The summed E-state index contributed by atoms with van der Waals surface area (Å²) < 4.78 is 51.2. The number of aryl methyl sites for hydroxylation is 2. The lowest BCUT2D eigenvalue weighted by Gasteiger charge is -2.16. The first-order chi connectivity index (χ1) is 12.4. The summed E-state index contributed by atoms with van der Waals surface area (Å²) in [5.41, 5.74) is 1.16. The van der Waals surface area contributed by atoms with Gasteiger partial charge in [0.25, 0.3) is 0 Å². The third kappa shape index (κ3) is 3.86. The van der Waals surface area contributed by atoms with E-state index < -0.39 is 10.0 Å². The first kappa shape index (κ1) is 18.3. The van der Waals surface area contributed by atoms with Crippen molar-refractivity contribution in [3.05, 3.63) is 71.3 Å². The summed E-state index contributed by atoms with van der Waals surface area (Å²) in [7, 11) is -3.73. The van der Waals surface area contributed by atoms with Crippen LogP contribution in [-0.2, 0) is 10.0 Å². The van der Waals surface area contributed by atoms with Gasteiger partial charge in [0.1, 0.15) is 22.2 Å². The van der Waals surface area contributed by atoms with Crippen molar-refractivity contribution in [1.29, 1.82) is 0 Å². The van der Waals surface area contributed by atoms with Crippen molar-refractivity contribution < 1.29 is 21.7 Å². The van der Waals surface area contributed by atoms with Crippen LogP contribution in [0.2, 0.25) is 0 Å². The molecule has 0 bridgehead atoms. The predicted molar refractivity (Wildman–Crippen MR) is 92.7 cm³/mol. The van der Waals surface area contributed by atoms with E-state index in [4.69, 9.17) is 8.94 Å². The van der Waals surface area contributed by atoms with Crippen LogP contribution in [0.5, 0.6) is 0 Å². The van der Waals surface area contributed by atoms with Crippen molar-refractivity contribution in [3.63, 3.8) is 0 Å². The Morgan fingerprint density at radius 1 is 1.19 bits per heavy atom. The summed E-state index contributed by atoms with van der Waals surface area (Å²) in [5, 5.41) is 3.68. The highest BCUT2D eigenvalue weighted by molar-refractivity contribution is 7.89. The molecule has 0 aliphatic rings. The van der Waals surface area contributed by atoms with Gasteiger partial charge < -0.3 is 8.94 Å². The highest BCUT2D eigenvalue weighted by Crippen LogP contribution is 2.28. The van der Waals surface area contributed by atoms with E-state index in [0.29, 0.717) is 17.9 Å². The largest absolute Gasteiger partial charge is 0.469 e. The monoisotopic (exact) mass is 378 g/mol. The summed E-state index contributed by atoms with van der Waals surface area (Å²) >= 11 is 0. The smallest absolute Gasteiger partial charge is 0.245 e. The normalized spacial score (nSPS) is 13.0.